The van der Waals surface area contributed by atoms with Gasteiger partial charge in [0.1, 0.15) is 18.4 Å². The molecule has 5 nitrogen and oxygen atoms in total. The molecule has 6 heteroatoms. The van der Waals surface area contributed by atoms with Crippen LogP contribution in [0.2, 0.25) is 0 Å². The van der Waals surface area contributed by atoms with Gasteiger partial charge < -0.3 is 19.2 Å². The van der Waals surface area contributed by atoms with E-state index in [1.54, 1.807) is 19.2 Å². The standard InChI is InChI=1S/C21H21FN2O2.CH2O/c1-25-18-4-2-3-15(12-18)11-16-14-23-20-6-5-17(22)13-19(20)21(16)24-7-9-26-10-8-24;1-2/h2-6,12-14H,7-11H2,1H3;1H2. The van der Waals surface area contributed by atoms with Crippen LogP contribution >= 0.6 is 0 Å². The van der Waals surface area contributed by atoms with Crippen LogP contribution in [-0.4, -0.2) is 45.2 Å². The second-order valence-corrected chi connectivity index (χ2v) is 6.42. The predicted octanol–water partition coefficient (Wildman–Crippen LogP) is 3.63. The Bertz CT molecular complexity index is 942. The summed E-state index contributed by atoms with van der Waals surface area (Å²) in [5.41, 5.74) is 4.08. The van der Waals surface area contributed by atoms with Gasteiger partial charge in [-0.25, -0.2) is 4.39 Å². The van der Waals surface area contributed by atoms with Gasteiger partial charge in [0.25, 0.3) is 0 Å². The number of aromatic nitrogens is 1. The third kappa shape index (κ3) is 4.28. The van der Waals surface area contributed by atoms with Gasteiger partial charge >= 0.3 is 0 Å². The van der Waals surface area contributed by atoms with E-state index in [0.717, 1.165) is 46.6 Å². The molecule has 0 atom stereocenters. The van der Waals surface area contributed by atoms with Crippen molar-refractivity contribution in [3.05, 3.63) is 65.6 Å². The van der Waals surface area contributed by atoms with E-state index in [1.165, 1.54) is 6.07 Å². The minimum atomic E-state index is -0.243. The molecule has 4 rings (SSSR count). The number of halogens is 1. The van der Waals surface area contributed by atoms with Crippen LogP contribution in [0.5, 0.6) is 5.75 Å². The molecule has 1 aromatic heterocycles. The molecule has 0 unspecified atom stereocenters. The van der Waals surface area contributed by atoms with E-state index in [0.29, 0.717) is 19.6 Å². The summed E-state index contributed by atoms with van der Waals surface area (Å²) in [6.07, 6.45) is 2.62. The number of morpholine rings is 1. The van der Waals surface area contributed by atoms with Crippen molar-refractivity contribution in [2.24, 2.45) is 0 Å². The Kier molecular flexibility index (Phi) is 6.55. The average Bonchev–Trinajstić information content (AvgIpc) is 2.75. The number of ether oxygens (including phenoxy) is 2. The Morgan fingerprint density at radius 3 is 2.71 bits per heavy atom. The average molecular weight is 382 g/mol. The Hall–Kier alpha value is -2.99. The van der Waals surface area contributed by atoms with E-state index in [2.05, 4.69) is 16.0 Å². The van der Waals surface area contributed by atoms with Crippen molar-refractivity contribution < 1.29 is 18.7 Å². The zero-order chi connectivity index (χ0) is 19.9. The zero-order valence-electron chi connectivity index (χ0n) is 15.9. The van der Waals surface area contributed by atoms with Crippen molar-refractivity contribution in [1.29, 1.82) is 0 Å². The second-order valence-electron chi connectivity index (χ2n) is 6.42. The van der Waals surface area contributed by atoms with Crippen LogP contribution in [0.4, 0.5) is 10.1 Å². The fraction of sp³-hybridized carbons (Fsp3) is 0.273. The van der Waals surface area contributed by atoms with Crippen LogP contribution in [0.25, 0.3) is 10.9 Å². The van der Waals surface area contributed by atoms with Gasteiger partial charge in [0.05, 0.1) is 31.5 Å². The minimum absolute atomic E-state index is 0.243. The fourth-order valence-corrected chi connectivity index (χ4v) is 3.48. The summed E-state index contributed by atoms with van der Waals surface area (Å²) in [6, 6.07) is 12.8. The van der Waals surface area contributed by atoms with E-state index in [1.807, 2.05) is 31.2 Å². The van der Waals surface area contributed by atoms with Crippen LogP contribution in [0.15, 0.2) is 48.7 Å². The minimum Gasteiger partial charge on any atom is -0.497 e. The summed E-state index contributed by atoms with van der Waals surface area (Å²) in [5.74, 6) is 0.586. The summed E-state index contributed by atoms with van der Waals surface area (Å²) >= 11 is 0. The number of pyridine rings is 1. The summed E-state index contributed by atoms with van der Waals surface area (Å²) in [4.78, 5) is 14.8. The second kappa shape index (κ2) is 9.28. The molecule has 1 saturated heterocycles. The maximum absolute atomic E-state index is 14.0. The molecular formula is C22H23FN2O3. The van der Waals surface area contributed by atoms with E-state index in [9.17, 15) is 4.39 Å². The molecular weight excluding hydrogens is 359 g/mol. The Morgan fingerprint density at radius 2 is 1.96 bits per heavy atom. The first kappa shape index (κ1) is 19.8. The summed E-state index contributed by atoms with van der Waals surface area (Å²) in [5, 5.41) is 0.854. The van der Waals surface area contributed by atoms with Gasteiger partial charge in [-0.15, -0.1) is 0 Å². The lowest BCUT2D eigenvalue weighted by Gasteiger charge is -2.31. The van der Waals surface area contributed by atoms with Crippen molar-refractivity contribution in [1.82, 2.24) is 4.98 Å². The highest BCUT2D eigenvalue weighted by molar-refractivity contribution is 5.93. The van der Waals surface area contributed by atoms with Gasteiger partial charge in [0, 0.05) is 31.1 Å². The maximum Gasteiger partial charge on any atom is 0.124 e. The molecule has 1 aliphatic heterocycles. The monoisotopic (exact) mass is 382 g/mol. The molecule has 3 aromatic rings. The molecule has 2 aromatic carbocycles. The number of nitrogens with zero attached hydrogens (tertiary/aromatic N) is 2. The molecule has 1 fully saturated rings. The van der Waals surface area contributed by atoms with Crippen molar-refractivity contribution in [3.63, 3.8) is 0 Å². The maximum atomic E-state index is 14.0. The van der Waals surface area contributed by atoms with Crippen LogP contribution in [0.1, 0.15) is 11.1 Å². The Balaban J connectivity index is 0.00000109. The fourth-order valence-electron chi connectivity index (χ4n) is 3.48. The van der Waals surface area contributed by atoms with Crippen LogP contribution in [0.3, 0.4) is 0 Å². The molecule has 2 heterocycles. The Labute approximate surface area is 163 Å². The Morgan fingerprint density at radius 1 is 1.18 bits per heavy atom. The molecule has 0 N–H and O–H groups in total. The molecule has 0 spiro atoms. The van der Waals surface area contributed by atoms with Crippen LogP contribution in [0, 0.1) is 5.82 Å². The SMILES string of the molecule is C=O.COc1cccc(Cc2cnc3ccc(F)cc3c2N2CCOCC2)c1. The van der Waals surface area contributed by atoms with Gasteiger partial charge in [-0.05, 0) is 41.5 Å². The summed E-state index contributed by atoms with van der Waals surface area (Å²) < 4.78 is 24.8. The van der Waals surface area contributed by atoms with Crippen molar-refractivity contribution in [2.45, 2.75) is 6.42 Å². The van der Waals surface area contributed by atoms with Crippen molar-refractivity contribution in [2.75, 3.05) is 38.3 Å². The van der Waals surface area contributed by atoms with Gasteiger partial charge in [-0.1, -0.05) is 12.1 Å². The lowest BCUT2D eigenvalue weighted by molar-refractivity contribution is -0.0979. The predicted molar refractivity (Wildman–Crippen MR) is 108 cm³/mol. The molecule has 0 bridgehead atoms. The largest absolute Gasteiger partial charge is 0.497 e. The first-order valence-corrected chi connectivity index (χ1v) is 9.06. The number of benzene rings is 2. The molecule has 1 aliphatic rings. The first-order valence-electron chi connectivity index (χ1n) is 9.06. The highest BCUT2D eigenvalue weighted by Crippen LogP contribution is 2.32. The number of hydrogen-bond donors (Lipinski definition) is 0. The molecule has 0 aliphatic carbocycles. The van der Waals surface area contributed by atoms with E-state index >= 15 is 0 Å². The third-order valence-electron chi connectivity index (χ3n) is 4.73. The lowest BCUT2D eigenvalue weighted by Crippen LogP contribution is -2.37. The number of methoxy groups -OCH3 is 1. The number of fused-ring (bicyclic) bond motifs is 1. The number of carbonyl (C=O) groups excluding carboxylic acids is 1. The number of rotatable bonds is 4. The summed E-state index contributed by atoms with van der Waals surface area (Å²) in [7, 11) is 1.67. The van der Waals surface area contributed by atoms with E-state index < -0.39 is 0 Å². The molecule has 0 amide bonds. The highest BCUT2D eigenvalue weighted by Gasteiger charge is 2.19. The van der Waals surface area contributed by atoms with Gasteiger partial charge in [0.15, 0.2) is 0 Å². The number of anilines is 1. The third-order valence-corrected chi connectivity index (χ3v) is 4.73. The molecule has 146 valence electrons. The highest BCUT2D eigenvalue weighted by atomic mass is 19.1. The first-order chi connectivity index (χ1) is 13.7. The van der Waals surface area contributed by atoms with Crippen molar-refractivity contribution >= 4 is 23.4 Å². The van der Waals surface area contributed by atoms with E-state index in [4.69, 9.17) is 14.3 Å². The van der Waals surface area contributed by atoms with Gasteiger partial charge in [0.2, 0.25) is 0 Å². The van der Waals surface area contributed by atoms with Gasteiger partial charge in [-0.3, -0.25) is 4.98 Å². The quantitative estimate of drug-likeness (QED) is 0.690. The lowest BCUT2D eigenvalue weighted by atomic mass is 10.0. The number of hydrogen-bond acceptors (Lipinski definition) is 5. The summed E-state index contributed by atoms with van der Waals surface area (Å²) in [6.45, 7) is 4.94. The van der Waals surface area contributed by atoms with Crippen molar-refractivity contribution in [3.8, 4) is 5.75 Å². The molecule has 28 heavy (non-hydrogen) atoms. The van der Waals surface area contributed by atoms with Crippen LogP contribution in [-0.2, 0) is 16.0 Å². The van der Waals surface area contributed by atoms with Gasteiger partial charge in [-0.2, -0.15) is 0 Å². The zero-order valence-corrected chi connectivity index (χ0v) is 15.9. The number of carbonyl (C=O) groups is 1. The smallest absolute Gasteiger partial charge is 0.124 e. The van der Waals surface area contributed by atoms with E-state index in [-0.39, 0.29) is 5.82 Å². The normalized spacial score (nSPS) is 13.7. The topological polar surface area (TPSA) is 51.7 Å². The van der Waals surface area contributed by atoms with Crippen LogP contribution < -0.4 is 9.64 Å². The molecule has 0 radical (unpaired) electrons. The molecule has 0 saturated carbocycles.